The molecule has 26 heavy (non-hydrogen) atoms. The van der Waals surface area contributed by atoms with Gasteiger partial charge in [0.05, 0.1) is 25.7 Å². The van der Waals surface area contributed by atoms with Gasteiger partial charge in [0, 0.05) is 24.2 Å². The van der Waals surface area contributed by atoms with E-state index < -0.39 is 0 Å². The lowest BCUT2D eigenvalue weighted by atomic mass is 10.1. The molecule has 1 amide bonds. The van der Waals surface area contributed by atoms with Crippen molar-refractivity contribution in [3.63, 3.8) is 0 Å². The SMILES string of the molecule is COCc1cc(=O)[nH]c2cc(NC(=O)Cc3cccc(OC)c3)ccc12. The summed E-state index contributed by atoms with van der Waals surface area (Å²) >= 11 is 0. The lowest BCUT2D eigenvalue weighted by Gasteiger charge is -2.09. The van der Waals surface area contributed by atoms with Gasteiger partial charge in [-0.05, 0) is 35.4 Å². The number of hydrogen-bond acceptors (Lipinski definition) is 4. The van der Waals surface area contributed by atoms with E-state index in [0.29, 0.717) is 23.6 Å². The Morgan fingerprint density at radius 3 is 2.73 bits per heavy atom. The predicted molar refractivity (Wildman–Crippen MR) is 101 cm³/mol. The Labute approximate surface area is 150 Å². The molecular weight excluding hydrogens is 332 g/mol. The smallest absolute Gasteiger partial charge is 0.248 e. The van der Waals surface area contributed by atoms with Gasteiger partial charge in [0.15, 0.2) is 0 Å². The molecule has 2 N–H and O–H groups in total. The first-order valence-electron chi connectivity index (χ1n) is 8.16. The van der Waals surface area contributed by atoms with Gasteiger partial charge in [-0.15, -0.1) is 0 Å². The molecule has 1 heterocycles. The van der Waals surface area contributed by atoms with Crippen LogP contribution in [0.25, 0.3) is 10.9 Å². The Morgan fingerprint density at radius 2 is 1.96 bits per heavy atom. The first-order valence-corrected chi connectivity index (χ1v) is 8.16. The van der Waals surface area contributed by atoms with Crippen molar-refractivity contribution in [1.82, 2.24) is 4.98 Å². The molecule has 0 radical (unpaired) electrons. The van der Waals surface area contributed by atoms with Gasteiger partial charge in [0.2, 0.25) is 11.5 Å². The monoisotopic (exact) mass is 352 g/mol. The molecule has 3 aromatic rings. The van der Waals surface area contributed by atoms with Crippen LogP contribution in [0.1, 0.15) is 11.1 Å². The van der Waals surface area contributed by atoms with Crippen LogP contribution in [0.2, 0.25) is 0 Å². The third kappa shape index (κ3) is 4.10. The van der Waals surface area contributed by atoms with Crippen LogP contribution in [-0.4, -0.2) is 25.1 Å². The topological polar surface area (TPSA) is 80.4 Å². The molecule has 0 aliphatic carbocycles. The second-order valence-electron chi connectivity index (χ2n) is 5.93. The van der Waals surface area contributed by atoms with Crippen LogP contribution >= 0.6 is 0 Å². The molecule has 1 aromatic heterocycles. The van der Waals surface area contributed by atoms with Gasteiger partial charge in [-0.3, -0.25) is 9.59 Å². The summed E-state index contributed by atoms with van der Waals surface area (Å²) in [6.07, 6.45) is 0.232. The highest BCUT2D eigenvalue weighted by molar-refractivity contribution is 5.95. The second-order valence-corrected chi connectivity index (χ2v) is 5.93. The largest absolute Gasteiger partial charge is 0.497 e. The van der Waals surface area contributed by atoms with Crippen LogP contribution in [0.5, 0.6) is 5.75 Å². The molecule has 0 saturated heterocycles. The third-order valence-corrected chi connectivity index (χ3v) is 4.01. The summed E-state index contributed by atoms with van der Waals surface area (Å²) in [6, 6.07) is 14.3. The van der Waals surface area contributed by atoms with Crippen LogP contribution in [-0.2, 0) is 22.6 Å². The molecule has 0 bridgehead atoms. The molecule has 0 fully saturated rings. The van der Waals surface area contributed by atoms with Crippen molar-refractivity contribution in [2.24, 2.45) is 0 Å². The number of nitrogens with one attached hydrogen (secondary N) is 2. The van der Waals surface area contributed by atoms with Crippen molar-refractivity contribution in [2.45, 2.75) is 13.0 Å². The van der Waals surface area contributed by atoms with Gasteiger partial charge in [0.25, 0.3) is 0 Å². The van der Waals surface area contributed by atoms with Gasteiger partial charge in [0.1, 0.15) is 5.75 Å². The highest BCUT2D eigenvalue weighted by atomic mass is 16.5. The number of methoxy groups -OCH3 is 2. The van der Waals surface area contributed by atoms with Crippen molar-refractivity contribution < 1.29 is 14.3 Å². The number of aromatic nitrogens is 1. The van der Waals surface area contributed by atoms with Gasteiger partial charge in [-0.1, -0.05) is 18.2 Å². The molecule has 3 rings (SSSR count). The molecule has 6 nitrogen and oxygen atoms in total. The molecule has 134 valence electrons. The zero-order valence-corrected chi connectivity index (χ0v) is 14.7. The number of carbonyl (C=O) groups excluding carboxylic acids is 1. The van der Waals surface area contributed by atoms with E-state index in [4.69, 9.17) is 9.47 Å². The molecule has 0 unspecified atom stereocenters. The summed E-state index contributed by atoms with van der Waals surface area (Å²) in [6.45, 7) is 0.349. The minimum atomic E-state index is -0.204. The molecule has 0 aliphatic rings. The van der Waals surface area contributed by atoms with Gasteiger partial charge < -0.3 is 19.8 Å². The standard InChI is InChI=1S/C20H20N2O4/c1-25-12-14-10-20(24)22-18-11-15(6-7-17(14)18)21-19(23)9-13-4-3-5-16(8-13)26-2/h3-8,10-11H,9,12H2,1-2H3,(H,21,23)(H,22,24). The number of benzene rings is 2. The van der Waals surface area contributed by atoms with Gasteiger partial charge >= 0.3 is 0 Å². The lowest BCUT2D eigenvalue weighted by Crippen LogP contribution is -2.14. The van der Waals surface area contributed by atoms with Crippen LogP contribution in [0.4, 0.5) is 5.69 Å². The van der Waals surface area contributed by atoms with E-state index in [9.17, 15) is 9.59 Å². The fourth-order valence-corrected chi connectivity index (χ4v) is 2.86. The van der Waals surface area contributed by atoms with Crippen LogP contribution < -0.4 is 15.6 Å². The number of H-pyrrole nitrogens is 1. The molecule has 0 atom stereocenters. The number of rotatable bonds is 6. The van der Waals surface area contributed by atoms with E-state index in [1.165, 1.54) is 6.07 Å². The van der Waals surface area contributed by atoms with Crippen LogP contribution in [0.3, 0.4) is 0 Å². The van der Waals surface area contributed by atoms with Crippen LogP contribution in [0, 0.1) is 0 Å². The summed E-state index contributed by atoms with van der Waals surface area (Å²) in [5.41, 5.74) is 2.74. The van der Waals surface area contributed by atoms with E-state index in [2.05, 4.69) is 10.3 Å². The number of hydrogen-bond donors (Lipinski definition) is 2. The molecule has 6 heteroatoms. The highest BCUT2D eigenvalue weighted by Gasteiger charge is 2.08. The fourth-order valence-electron chi connectivity index (χ4n) is 2.86. The minimum Gasteiger partial charge on any atom is -0.497 e. The van der Waals surface area contributed by atoms with Crippen molar-refractivity contribution in [1.29, 1.82) is 0 Å². The maximum absolute atomic E-state index is 12.3. The summed E-state index contributed by atoms with van der Waals surface area (Å²) < 4.78 is 10.3. The number of carbonyl (C=O) groups is 1. The fraction of sp³-hybridized carbons (Fsp3) is 0.200. The number of amides is 1. The zero-order chi connectivity index (χ0) is 18.5. The first-order chi connectivity index (χ1) is 12.6. The van der Waals surface area contributed by atoms with E-state index in [-0.39, 0.29) is 17.9 Å². The third-order valence-electron chi connectivity index (χ3n) is 4.01. The average Bonchev–Trinajstić information content (AvgIpc) is 2.61. The Bertz CT molecular complexity index is 995. The normalized spacial score (nSPS) is 10.7. The Hall–Kier alpha value is -3.12. The number of anilines is 1. The van der Waals surface area contributed by atoms with E-state index >= 15 is 0 Å². The highest BCUT2D eigenvalue weighted by Crippen LogP contribution is 2.21. The van der Waals surface area contributed by atoms with Crippen LogP contribution in [0.15, 0.2) is 53.3 Å². The van der Waals surface area contributed by atoms with Gasteiger partial charge in [-0.25, -0.2) is 0 Å². The summed E-state index contributed by atoms with van der Waals surface area (Å²) in [5, 5.41) is 3.74. The Morgan fingerprint density at radius 1 is 1.12 bits per heavy atom. The molecule has 0 saturated carbocycles. The molecule has 0 aliphatic heterocycles. The minimum absolute atomic E-state index is 0.145. The van der Waals surface area contributed by atoms with E-state index in [0.717, 1.165) is 16.5 Å². The number of aromatic amines is 1. The molecule has 2 aromatic carbocycles. The van der Waals surface area contributed by atoms with Crippen molar-refractivity contribution in [3.05, 3.63) is 70.0 Å². The quantitative estimate of drug-likeness (QED) is 0.715. The number of fused-ring (bicyclic) bond motifs is 1. The maximum Gasteiger partial charge on any atom is 0.248 e. The number of ether oxygens (including phenoxy) is 2. The Balaban J connectivity index is 1.80. The molecule has 0 spiro atoms. The Kier molecular flexibility index (Phi) is 5.34. The summed E-state index contributed by atoms with van der Waals surface area (Å²) in [4.78, 5) is 26.9. The van der Waals surface area contributed by atoms with Crippen molar-refractivity contribution in [2.75, 3.05) is 19.5 Å². The number of pyridine rings is 1. The average molecular weight is 352 g/mol. The zero-order valence-electron chi connectivity index (χ0n) is 14.7. The lowest BCUT2D eigenvalue weighted by molar-refractivity contribution is -0.115. The summed E-state index contributed by atoms with van der Waals surface area (Å²) in [7, 11) is 3.17. The molecular formula is C20H20N2O4. The van der Waals surface area contributed by atoms with Gasteiger partial charge in [-0.2, -0.15) is 0 Å². The maximum atomic E-state index is 12.3. The summed E-state index contributed by atoms with van der Waals surface area (Å²) in [5.74, 6) is 0.567. The first kappa shape index (κ1) is 17.7. The van der Waals surface area contributed by atoms with Crippen molar-refractivity contribution in [3.8, 4) is 5.75 Å². The predicted octanol–water partition coefficient (Wildman–Crippen LogP) is 2.86. The second kappa shape index (κ2) is 7.84. The van der Waals surface area contributed by atoms with Crippen molar-refractivity contribution >= 4 is 22.5 Å². The van der Waals surface area contributed by atoms with E-state index in [1.807, 2.05) is 36.4 Å². The van der Waals surface area contributed by atoms with E-state index in [1.54, 1.807) is 20.3 Å².